The van der Waals surface area contributed by atoms with Gasteiger partial charge >= 0.3 is 0 Å². The summed E-state index contributed by atoms with van der Waals surface area (Å²) in [5.74, 6) is 8.22. The summed E-state index contributed by atoms with van der Waals surface area (Å²) in [6.07, 6.45) is 5.11. The first-order valence-electron chi connectivity index (χ1n) is 10.0. The highest BCUT2D eigenvalue weighted by atomic mass is 16.5. The maximum absolute atomic E-state index is 13.2. The molecule has 1 aromatic rings. The zero-order valence-corrected chi connectivity index (χ0v) is 14.8. The van der Waals surface area contributed by atoms with E-state index < -0.39 is 0 Å². The normalized spacial score (nSPS) is 49.6. The van der Waals surface area contributed by atoms with Crippen molar-refractivity contribution < 1.29 is 14.1 Å². The second kappa shape index (κ2) is 4.24. The van der Waals surface area contributed by atoms with Crippen LogP contribution in [0.15, 0.2) is 35.9 Å². The van der Waals surface area contributed by atoms with E-state index in [-0.39, 0.29) is 23.5 Å². The lowest BCUT2D eigenvalue weighted by Crippen LogP contribution is -2.74. The van der Waals surface area contributed by atoms with Gasteiger partial charge in [0.15, 0.2) is 0 Å². The Labute approximate surface area is 152 Å². The van der Waals surface area contributed by atoms with Gasteiger partial charge in [-0.1, -0.05) is 24.3 Å². The number of fused-ring (bicyclic) bond motifs is 2. The molecule has 1 amide bonds. The number of anilines is 1. The van der Waals surface area contributed by atoms with Gasteiger partial charge in [0.05, 0.1) is 37.1 Å². The molecule has 6 aliphatic rings. The molecule has 0 aromatic heterocycles. The summed E-state index contributed by atoms with van der Waals surface area (Å²) >= 11 is 0. The van der Waals surface area contributed by atoms with E-state index in [1.54, 1.807) is 0 Å². The Morgan fingerprint density at radius 2 is 2.19 bits per heavy atom. The van der Waals surface area contributed by atoms with E-state index in [9.17, 15) is 4.79 Å². The lowest BCUT2D eigenvalue weighted by atomic mass is 9.53. The quantitative estimate of drug-likeness (QED) is 0.438. The number of amides is 1. The van der Waals surface area contributed by atoms with Crippen molar-refractivity contribution in [1.82, 2.24) is 0 Å². The minimum Gasteiger partial charge on any atom is -0.373 e. The molecule has 134 valence electrons. The van der Waals surface area contributed by atoms with Crippen molar-refractivity contribution in [2.75, 3.05) is 24.6 Å². The predicted octanol–water partition coefficient (Wildman–Crippen LogP) is 1.48. The summed E-state index contributed by atoms with van der Waals surface area (Å²) < 4.78 is 6.91. The topological polar surface area (TPSA) is 55.6 Å². The molecule has 1 unspecified atom stereocenters. The number of carbonyl (C=O) groups excluding carboxylic acids is 1. The van der Waals surface area contributed by atoms with E-state index in [1.165, 1.54) is 11.1 Å². The van der Waals surface area contributed by atoms with Gasteiger partial charge < -0.3 is 9.64 Å². The first kappa shape index (κ1) is 14.4. The molecule has 5 heterocycles. The maximum atomic E-state index is 13.2. The van der Waals surface area contributed by atoms with Gasteiger partial charge in [-0.15, -0.1) is 0 Å². The van der Waals surface area contributed by atoms with Crippen LogP contribution in [-0.4, -0.2) is 48.4 Å². The highest BCUT2D eigenvalue weighted by molar-refractivity contribution is 5.99. The molecule has 1 aliphatic carbocycles. The smallest absolute Gasteiger partial charge is 0.229 e. The molecule has 4 fully saturated rings. The number of para-hydroxylation sites is 1. The van der Waals surface area contributed by atoms with Crippen molar-refractivity contribution in [2.45, 2.75) is 42.9 Å². The zero-order valence-electron chi connectivity index (χ0n) is 14.8. The molecule has 7 rings (SSSR count). The van der Waals surface area contributed by atoms with Gasteiger partial charge in [0.1, 0.15) is 12.6 Å². The third kappa shape index (κ3) is 1.33. The van der Waals surface area contributed by atoms with Crippen LogP contribution in [0.2, 0.25) is 0 Å². The average Bonchev–Trinajstić information content (AvgIpc) is 3.05. The number of quaternary nitrogens is 1. The van der Waals surface area contributed by atoms with Gasteiger partial charge in [0, 0.05) is 24.4 Å². The molecule has 5 nitrogen and oxygen atoms in total. The predicted molar refractivity (Wildman–Crippen MR) is 96.0 cm³/mol. The summed E-state index contributed by atoms with van der Waals surface area (Å²) in [5.41, 5.74) is 4.04. The Hall–Kier alpha value is -1.69. The number of hydrogen-bond acceptors (Lipinski definition) is 3. The monoisotopic (exact) mass is 350 g/mol. The number of carbonyl (C=O) groups is 1. The van der Waals surface area contributed by atoms with Crippen molar-refractivity contribution >= 4 is 11.6 Å². The summed E-state index contributed by atoms with van der Waals surface area (Å²) in [6.45, 7) is 2.62. The van der Waals surface area contributed by atoms with Crippen LogP contribution in [0.3, 0.4) is 0 Å². The number of piperidine rings is 2. The van der Waals surface area contributed by atoms with E-state index in [0.717, 1.165) is 31.6 Å². The van der Waals surface area contributed by atoms with Gasteiger partial charge in [-0.2, -0.15) is 5.84 Å². The first-order valence-corrected chi connectivity index (χ1v) is 10.0. The molecule has 7 atom stereocenters. The molecule has 2 N–H and O–H groups in total. The molecular formula is C21H24N3O2+. The number of nitrogens with two attached hydrogens (primary N) is 1. The summed E-state index contributed by atoms with van der Waals surface area (Å²) in [4.78, 5) is 15.4. The van der Waals surface area contributed by atoms with E-state index in [4.69, 9.17) is 10.6 Å². The van der Waals surface area contributed by atoms with Crippen LogP contribution in [0.4, 0.5) is 5.69 Å². The van der Waals surface area contributed by atoms with Crippen LogP contribution in [0, 0.1) is 11.8 Å². The molecule has 3 saturated heterocycles. The SMILES string of the molecule is N[N+]12CC[C@@]34c5ccccc5N5C(=O)C[C@@H]6OCC=C(C1)[C@H](C[C@@H]32)[C@@H]6[C@H]54. The highest BCUT2D eigenvalue weighted by Gasteiger charge is 2.75. The Morgan fingerprint density at radius 1 is 1.31 bits per heavy atom. The third-order valence-electron chi connectivity index (χ3n) is 8.62. The Bertz CT molecular complexity index is 897. The molecule has 5 aliphatic heterocycles. The van der Waals surface area contributed by atoms with Gasteiger partial charge in [0.25, 0.3) is 0 Å². The molecule has 1 spiro atoms. The first-order chi connectivity index (χ1) is 12.6. The van der Waals surface area contributed by atoms with Gasteiger partial charge in [-0.25, -0.2) is 4.59 Å². The minimum absolute atomic E-state index is 0.0140. The average molecular weight is 350 g/mol. The van der Waals surface area contributed by atoms with Crippen molar-refractivity contribution in [3.05, 3.63) is 41.5 Å². The van der Waals surface area contributed by atoms with Crippen LogP contribution in [0.25, 0.3) is 0 Å². The van der Waals surface area contributed by atoms with Crippen molar-refractivity contribution in [1.29, 1.82) is 0 Å². The van der Waals surface area contributed by atoms with Crippen LogP contribution >= 0.6 is 0 Å². The van der Waals surface area contributed by atoms with Gasteiger partial charge in [-0.3, -0.25) is 4.79 Å². The van der Waals surface area contributed by atoms with E-state index in [0.29, 0.717) is 35.5 Å². The Kier molecular flexibility index (Phi) is 2.34. The van der Waals surface area contributed by atoms with Crippen LogP contribution in [-0.2, 0) is 14.9 Å². The minimum atomic E-state index is 0.0140. The largest absolute Gasteiger partial charge is 0.373 e. The second-order valence-electron chi connectivity index (χ2n) is 9.29. The maximum Gasteiger partial charge on any atom is 0.229 e. The Balaban J connectivity index is 1.56. The van der Waals surface area contributed by atoms with E-state index in [1.807, 2.05) is 0 Å². The molecule has 1 saturated carbocycles. The summed E-state index contributed by atoms with van der Waals surface area (Å²) in [6, 6.07) is 9.28. The van der Waals surface area contributed by atoms with Crippen molar-refractivity contribution in [3.63, 3.8) is 0 Å². The lowest BCUT2D eigenvalue weighted by molar-refractivity contribution is -0.954. The van der Waals surface area contributed by atoms with Crippen molar-refractivity contribution in [2.24, 2.45) is 17.7 Å². The molecule has 1 aromatic carbocycles. The molecule has 2 bridgehead atoms. The number of ether oxygens (including phenoxy) is 1. The summed E-state index contributed by atoms with van der Waals surface area (Å²) in [5, 5.41) is 0. The third-order valence-corrected chi connectivity index (χ3v) is 8.62. The summed E-state index contributed by atoms with van der Waals surface area (Å²) in [7, 11) is 0. The molecule has 5 heteroatoms. The fourth-order valence-electron chi connectivity index (χ4n) is 7.87. The van der Waals surface area contributed by atoms with Crippen LogP contribution in [0.5, 0.6) is 0 Å². The highest BCUT2D eigenvalue weighted by Crippen LogP contribution is 2.66. The van der Waals surface area contributed by atoms with E-state index in [2.05, 4.69) is 35.2 Å². The van der Waals surface area contributed by atoms with E-state index >= 15 is 0 Å². The fourth-order valence-corrected chi connectivity index (χ4v) is 7.87. The van der Waals surface area contributed by atoms with Crippen LogP contribution < -0.4 is 10.7 Å². The van der Waals surface area contributed by atoms with Gasteiger partial charge in [-0.05, 0) is 23.1 Å². The Morgan fingerprint density at radius 3 is 3.12 bits per heavy atom. The molecule has 0 radical (unpaired) electrons. The van der Waals surface area contributed by atoms with Crippen molar-refractivity contribution in [3.8, 4) is 0 Å². The number of benzene rings is 1. The zero-order chi connectivity index (χ0) is 17.3. The van der Waals surface area contributed by atoms with Gasteiger partial charge in [0.2, 0.25) is 5.91 Å². The standard InChI is InChI=1S/C21H24N3O2/c22-24-7-6-21-14-3-1-2-4-15(14)23-18(25)10-16-19(20(21)23)13(9-17(21)24)12(11-24)5-8-26-16/h1-5,13,16-17,19-20H,6-11,22H2/q+1/t13-,16-,17-,19-,20-,21+,24?/m0/s1. The fraction of sp³-hybridized carbons (Fsp3) is 0.571. The number of hydrogen-bond donors (Lipinski definition) is 1. The second-order valence-corrected chi connectivity index (χ2v) is 9.29. The number of rotatable bonds is 0. The molecule has 26 heavy (non-hydrogen) atoms. The number of nitrogens with zero attached hydrogens (tertiary/aromatic N) is 2. The van der Waals surface area contributed by atoms with Crippen LogP contribution in [0.1, 0.15) is 24.8 Å². The molecular weight excluding hydrogens is 326 g/mol. The lowest BCUT2D eigenvalue weighted by Gasteiger charge is -2.58.